The summed E-state index contributed by atoms with van der Waals surface area (Å²) < 4.78 is 0. The topological polar surface area (TPSA) is 82.0 Å². The number of allylic oxidation sites excluding steroid dienone is 2. The summed E-state index contributed by atoms with van der Waals surface area (Å²) in [5, 5.41) is 14.3. The lowest BCUT2D eigenvalue weighted by molar-refractivity contribution is 0.0967. The van der Waals surface area contributed by atoms with E-state index in [0.29, 0.717) is 16.8 Å². The van der Waals surface area contributed by atoms with Gasteiger partial charge in [0.1, 0.15) is 6.07 Å². The number of carbonyl (C=O) groups is 2. The van der Waals surface area contributed by atoms with E-state index in [1.165, 1.54) is 0 Å². The molecule has 0 aliphatic carbocycles. The Morgan fingerprint density at radius 1 is 0.960 bits per heavy atom. The zero-order valence-electron chi connectivity index (χ0n) is 14.4. The van der Waals surface area contributed by atoms with E-state index in [4.69, 9.17) is 0 Å². The van der Waals surface area contributed by atoms with Gasteiger partial charge < -0.3 is 5.32 Å². The first kappa shape index (κ1) is 18.0. The van der Waals surface area contributed by atoms with Crippen LogP contribution in [-0.2, 0) is 0 Å². The summed E-state index contributed by atoms with van der Waals surface area (Å²) in [7, 11) is 0. The number of hydrogen-bond acceptors (Lipinski definition) is 3. The summed E-state index contributed by atoms with van der Waals surface area (Å²) in [4.78, 5) is 24.1. The van der Waals surface area contributed by atoms with Crippen LogP contribution in [0.15, 0.2) is 54.1 Å². The molecule has 5 heteroatoms. The Hall–Kier alpha value is -3.39. The molecular weight excluding hydrogens is 314 g/mol. The molecule has 3 amide bonds. The average molecular weight is 333 g/mol. The van der Waals surface area contributed by atoms with E-state index in [2.05, 4.69) is 16.7 Å². The summed E-state index contributed by atoms with van der Waals surface area (Å²) in [6.45, 7) is 5.85. The third-order valence-electron chi connectivity index (χ3n) is 3.84. The predicted molar refractivity (Wildman–Crippen MR) is 98.0 cm³/mol. The van der Waals surface area contributed by atoms with Crippen molar-refractivity contribution in [2.45, 2.75) is 20.8 Å². The van der Waals surface area contributed by atoms with Gasteiger partial charge in [0, 0.05) is 5.56 Å². The first-order valence-corrected chi connectivity index (χ1v) is 7.79. The first-order valence-electron chi connectivity index (χ1n) is 7.79. The molecule has 0 saturated heterocycles. The van der Waals surface area contributed by atoms with Crippen LogP contribution in [-0.4, -0.2) is 11.9 Å². The molecule has 0 saturated carbocycles. The highest BCUT2D eigenvalue weighted by Crippen LogP contribution is 2.27. The Kier molecular flexibility index (Phi) is 5.70. The number of amides is 3. The second kappa shape index (κ2) is 7.93. The minimum Gasteiger partial charge on any atom is -0.306 e. The third kappa shape index (κ3) is 4.33. The number of urea groups is 1. The summed E-state index contributed by atoms with van der Waals surface area (Å²) in [5.74, 6) is -0.506. The molecule has 126 valence electrons. The second-order valence-electron chi connectivity index (χ2n) is 5.74. The normalized spacial score (nSPS) is 9.68. The van der Waals surface area contributed by atoms with Crippen LogP contribution in [0.5, 0.6) is 0 Å². The van der Waals surface area contributed by atoms with Crippen LogP contribution >= 0.6 is 0 Å². The zero-order chi connectivity index (χ0) is 18.4. The van der Waals surface area contributed by atoms with E-state index in [9.17, 15) is 14.9 Å². The molecule has 0 aromatic heterocycles. The van der Waals surface area contributed by atoms with Crippen molar-refractivity contribution >= 4 is 23.2 Å². The fourth-order valence-electron chi connectivity index (χ4n) is 2.28. The lowest BCUT2D eigenvalue weighted by atomic mass is 9.97. The predicted octanol–water partition coefficient (Wildman–Crippen LogP) is 4.33. The first-order chi connectivity index (χ1) is 11.9. The monoisotopic (exact) mass is 333 g/mol. The van der Waals surface area contributed by atoms with Gasteiger partial charge in [-0.3, -0.25) is 10.1 Å². The lowest BCUT2D eigenvalue weighted by Crippen LogP contribution is -2.34. The number of benzene rings is 2. The molecule has 0 unspecified atom stereocenters. The summed E-state index contributed by atoms with van der Waals surface area (Å²) in [5.41, 5.74) is 3.92. The van der Waals surface area contributed by atoms with E-state index in [-0.39, 0.29) is 0 Å². The number of nitriles is 1. The van der Waals surface area contributed by atoms with Gasteiger partial charge in [0.2, 0.25) is 0 Å². The number of carbonyl (C=O) groups excluding carboxylic acids is 2. The van der Waals surface area contributed by atoms with Gasteiger partial charge in [-0.15, -0.1) is 0 Å². The van der Waals surface area contributed by atoms with Gasteiger partial charge in [0.15, 0.2) is 0 Å². The molecule has 0 radical (unpaired) electrons. The minimum atomic E-state index is -0.683. The quantitative estimate of drug-likeness (QED) is 0.877. The molecule has 0 aliphatic rings. The summed E-state index contributed by atoms with van der Waals surface area (Å²) >= 11 is 0. The van der Waals surface area contributed by atoms with Crippen molar-refractivity contribution in [2.75, 3.05) is 5.32 Å². The van der Waals surface area contributed by atoms with Crippen LogP contribution in [0.3, 0.4) is 0 Å². The second-order valence-corrected chi connectivity index (χ2v) is 5.74. The van der Waals surface area contributed by atoms with Crippen LogP contribution in [0.25, 0.3) is 5.57 Å². The Bertz CT molecular complexity index is 874. The van der Waals surface area contributed by atoms with E-state index < -0.39 is 11.9 Å². The van der Waals surface area contributed by atoms with Crippen molar-refractivity contribution < 1.29 is 9.59 Å². The van der Waals surface area contributed by atoms with Crippen molar-refractivity contribution in [1.82, 2.24) is 5.32 Å². The standard InChI is InChI=1S/C20H19N3O2/c1-13(2)14(3)16-10-7-11-18(17(16)12-21)22-20(25)23-19(24)15-8-5-4-6-9-15/h4-11H,1-3H3,(H2,22,23,24,25). The smallest absolute Gasteiger partial charge is 0.306 e. The molecule has 0 heterocycles. The molecular formula is C20H19N3O2. The van der Waals surface area contributed by atoms with Crippen LogP contribution in [0, 0.1) is 11.3 Å². The zero-order valence-corrected chi connectivity index (χ0v) is 14.4. The third-order valence-corrected chi connectivity index (χ3v) is 3.84. The Morgan fingerprint density at radius 3 is 2.24 bits per heavy atom. The van der Waals surface area contributed by atoms with Crippen LogP contribution in [0.4, 0.5) is 10.5 Å². The van der Waals surface area contributed by atoms with Crippen LogP contribution in [0.1, 0.15) is 42.3 Å². The van der Waals surface area contributed by atoms with Gasteiger partial charge >= 0.3 is 6.03 Å². The molecule has 25 heavy (non-hydrogen) atoms. The van der Waals surface area contributed by atoms with E-state index >= 15 is 0 Å². The maximum Gasteiger partial charge on any atom is 0.326 e. The number of nitrogens with zero attached hydrogens (tertiary/aromatic N) is 1. The van der Waals surface area contributed by atoms with Gasteiger partial charge in [-0.2, -0.15) is 5.26 Å². The fraction of sp³-hybridized carbons (Fsp3) is 0.150. The number of anilines is 1. The van der Waals surface area contributed by atoms with Gasteiger partial charge in [0.25, 0.3) is 5.91 Å². The highest BCUT2D eigenvalue weighted by molar-refractivity contribution is 6.08. The Balaban J connectivity index is 2.22. The molecule has 2 aromatic rings. The Labute approximate surface area is 147 Å². The fourth-order valence-corrected chi connectivity index (χ4v) is 2.28. The van der Waals surface area contributed by atoms with Gasteiger partial charge in [-0.25, -0.2) is 4.79 Å². The molecule has 0 bridgehead atoms. The highest BCUT2D eigenvalue weighted by atomic mass is 16.2. The minimum absolute atomic E-state index is 0.360. The highest BCUT2D eigenvalue weighted by Gasteiger charge is 2.14. The van der Waals surface area contributed by atoms with E-state index in [1.54, 1.807) is 42.5 Å². The maximum atomic E-state index is 12.1. The maximum absolute atomic E-state index is 12.1. The number of rotatable bonds is 3. The Morgan fingerprint density at radius 2 is 1.64 bits per heavy atom. The van der Waals surface area contributed by atoms with Crippen molar-refractivity contribution in [3.8, 4) is 6.07 Å². The van der Waals surface area contributed by atoms with E-state index in [1.807, 2.05) is 26.8 Å². The number of imide groups is 1. The molecule has 2 N–H and O–H groups in total. The molecule has 0 atom stereocenters. The van der Waals surface area contributed by atoms with Gasteiger partial charge in [-0.1, -0.05) is 35.9 Å². The van der Waals surface area contributed by atoms with Crippen molar-refractivity contribution in [3.63, 3.8) is 0 Å². The molecule has 5 nitrogen and oxygen atoms in total. The van der Waals surface area contributed by atoms with Crippen molar-refractivity contribution in [3.05, 3.63) is 70.8 Å². The van der Waals surface area contributed by atoms with Crippen molar-refractivity contribution in [1.29, 1.82) is 5.26 Å². The molecule has 2 aromatic carbocycles. The summed E-state index contributed by atoms with van der Waals surface area (Å²) in [6, 6.07) is 15.1. The average Bonchev–Trinajstić information content (AvgIpc) is 2.61. The SMILES string of the molecule is CC(C)=C(C)c1cccc(NC(=O)NC(=O)c2ccccc2)c1C#N. The van der Waals surface area contributed by atoms with E-state index in [0.717, 1.165) is 16.7 Å². The number of hydrogen-bond donors (Lipinski definition) is 2. The molecule has 2 rings (SSSR count). The van der Waals surface area contributed by atoms with Gasteiger partial charge in [-0.05, 0) is 50.1 Å². The van der Waals surface area contributed by atoms with Crippen molar-refractivity contribution in [2.24, 2.45) is 0 Å². The summed E-state index contributed by atoms with van der Waals surface area (Å²) in [6.07, 6.45) is 0. The molecule has 0 aliphatic heterocycles. The van der Waals surface area contributed by atoms with Gasteiger partial charge in [0.05, 0.1) is 11.3 Å². The van der Waals surface area contributed by atoms with Crippen LogP contribution < -0.4 is 10.6 Å². The number of nitrogens with one attached hydrogen (secondary N) is 2. The molecule has 0 fully saturated rings. The van der Waals surface area contributed by atoms with Crippen LogP contribution in [0.2, 0.25) is 0 Å². The largest absolute Gasteiger partial charge is 0.326 e. The lowest BCUT2D eigenvalue weighted by Gasteiger charge is -2.12. The molecule has 0 spiro atoms.